The van der Waals surface area contributed by atoms with Crippen LogP contribution < -0.4 is 20.7 Å². The lowest BCUT2D eigenvalue weighted by atomic mass is 9.95. The number of benzene rings is 2. The van der Waals surface area contributed by atoms with Gasteiger partial charge in [0.25, 0.3) is 0 Å². The van der Waals surface area contributed by atoms with Crippen molar-refractivity contribution >= 4 is 40.7 Å². The van der Waals surface area contributed by atoms with Crippen molar-refractivity contribution in [2.45, 2.75) is 69.5 Å². The van der Waals surface area contributed by atoms with Gasteiger partial charge in [0, 0.05) is 36.3 Å². The Morgan fingerprint density at radius 1 is 1.14 bits per heavy atom. The summed E-state index contributed by atoms with van der Waals surface area (Å²) in [6.07, 6.45) is 6.76. The molecule has 4 aliphatic rings. The second-order valence-corrected chi connectivity index (χ2v) is 12.8. The topological polar surface area (TPSA) is 109 Å². The summed E-state index contributed by atoms with van der Waals surface area (Å²) < 4.78 is 23.4. The van der Waals surface area contributed by atoms with Gasteiger partial charge in [0.15, 0.2) is 5.83 Å². The summed E-state index contributed by atoms with van der Waals surface area (Å²) in [5.41, 5.74) is 7.66. The van der Waals surface area contributed by atoms with Crippen molar-refractivity contribution in [1.29, 1.82) is 0 Å². The molecule has 2 atom stereocenters. The van der Waals surface area contributed by atoms with Gasteiger partial charge in [-0.05, 0) is 81.6 Å². The number of nitrogens with one attached hydrogen (secondary N) is 1. The van der Waals surface area contributed by atoms with Crippen LogP contribution in [0, 0.1) is 6.92 Å². The molecule has 0 radical (unpaired) electrons. The predicted molar refractivity (Wildman–Crippen MR) is 172 cm³/mol. The maximum atomic E-state index is 17.0. The molecule has 4 aliphatic heterocycles. The van der Waals surface area contributed by atoms with Gasteiger partial charge in [0.1, 0.15) is 23.8 Å². The highest BCUT2D eigenvalue weighted by molar-refractivity contribution is 6.02. The number of halogens is 1. The van der Waals surface area contributed by atoms with Crippen LogP contribution in [-0.4, -0.2) is 77.9 Å². The van der Waals surface area contributed by atoms with Gasteiger partial charge in [0.2, 0.25) is 5.91 Å². The number of aromatic nitrogens is 2. The fourth-order valence-electron chi connectivity index (χ4n) is 8.04. The van der Waals surface area contributed by atoms with E-state index in [2.05, 4.69) is 26.8 Å². The van der Waals surface area contributed by atoms with E-state index in [1.54, 1.807) is 6.07 Å². The number of carbonyl (C=O) groups is 1. The molecule has 2 unspecified atom stereocenters. The van der Waals surface area contributed by atoms with Crippen LogP contribution in [0.4, 0.5) is 10.2 Å². The number of rotatable bonds is 9. The van der Waals surface area contributed by atoms with E-state index in [0.29, 0.717) is 41.2 Å². The predicted octanol–water partition coefficient (Wildman–Crippen LogP) is 4.41. The Bertz CT molecular complexity index is 1630. The van der Waals surface area contributed by atoms with Crippen LogP contribution >= 0.6 is 0 Å². The number of piperazine rings is 1. The monoisotopic (exact) mass is 597 g/mol. The quantitative estimate of drug-likeness (QED) is 0.352. The fraction of sp³-hybridized carbons (Fsp3) is 0.471. The minimum atomic E-state index is -0.605. The second-order valence-electron chi connectivity index (χ2n) is 12.8. The first-order chi connectivity index (χ1) is 21.3. The molecule has 230 valence electrons. The molecular formula is C34H40FN7O2. The molecule has 1 amide bonds. The van der Waals surface area contributed by atoms with Crippen molar-refractivity contribution in [2.24, 2.45) is 10.7 Å². The van der Waals surface area contributed by atoms with Crippen LogP contribution in [0.25, 0.3) is 22.3 Å². The highest BCUT2D eigenvalue weighted by Crippen LogP contribution is 2.41. The Balaban J connectivity index is 1.34. The maximum Gasteiger partial charge on any atom is 0.319 e. The van der Waals surface area contributed by atoms with Crippen molar-refractivity contribution in [3.63, 3.8) is 0 Å². The van der Waals surface area contributed by atoms with E-state index in [-0.39, 0.29) is 29.4 Å². The van der Waals surface area contributed by atoms with E-state index >= 15 is 4.39 Å². The Hall–Kier alpha value is -3.89. The van der Waals surface area contributed by atoms with Crippen molar-refractivity contribution < 1.29 is 13.9 Å². The average molecular weight is 598 g/mol. The molecule has 5 heterocycles. The normalized spacial score (nSPS) is 23.1. The Kier molecular flexibility index (Phi) is 7.58. The van der Waals surface area contributed by atoms with E-state index in [0.717, 1.165) is 75.5 Å². The molecule has 44 heavy (non-hydrogen) atoms. The molecule has 7 rings (SSSR count). The van der Waals surface area contributed by atoms with Crippen molar-refractivity contribution in [1.82, 2.24) is 20.2 Å². The third-order valence-corrected chi connectivity index (χ3v) is 10.1. The first kappa shape index (κ1) is 28.9. The zero-order chi connectivity index (χ0) is 30.4. The van der Waals surface area contributed by atoms with Gasteiger partial charge in [-0.3, -0.25) is 14.7 Å². The summed E-state index contributed by atoms with van der Waals surface area (Å²) in [7, 11) is 0. The molecule has 4 fully saturated rings. The van der Waals surface area contributed by atoms with Gasteiger partial charge in [-0.25, -0.2) is 4.39 Å². The Morgan fingerprint density at radius 2 is 1.84 bits per heavy atom. The molecule has 4 saturated heterocycles. The number of carbonyl (C=O) groups excluding carboxylic acids is 1. The van der Waals surface area contributed by atoms with E-state index in [4.69, 9.17) is 20.4 Å². The molecule has 3 N–H and O–H groups in total. The number of ether oxygens (including phenoxy) is 1. The summed E-state index contributed by atoms with van der Waals surface area (Å²) in [5, 5.41) is 5.24. The SMILES string of the molecule is C=N/C(=C(/F)c1nc(OCC23CCCN2CCC3)nc(N2CC3CCC(C2)N3)c1C)c1cccc2cccc(CC(N)=O)c12. The first-order valence-corrected chi connectivity index (χ1v) is 15.8. The molecule has 9 nitrogen and oxygen atoms in total. The number of aliphatic imine (C=N–C) groups is 1. The minimum absolute atomic E-state index is 0.00469. The van der Waals surface area contributed by atoms with Gasteiger partial charge in [-0.1, -0.05) is 36.4 Å². The number of hydrogen-bond donors (Lipinski definition) is 2. The van der Waals surface area contributed by atoms with Crippen molar-refractivity contribution in [2.75, 3.05) is 37.7 Å². The number of nitrogens with two attached hydrogens (primary N) is 1. The highest BCUT2D eigenvalue weighted by atomic mass is 19.1. The van der Waals surface area contributed by atoms with Gasteiger partial charge >= 0.3 is 6.01 Å². The van der Waals surface area contributed by atoms with Gasteiger partial charge < -0.3 is 20.7 Å². The van der Waals surface area contributed by atoms with Crippen LogP contribution in [-0.2, 0) is 11.2 Å². The summed E-state index contributed by atoms with van der Waals surface area (Å²) in [5.74, 6) is -0.371. The number of fused-ring (bicyclic) bond motifs is 4. The first-order valence-electron chi connectivity index (χ1n) is 15.8. The van der Waals surface area contributed by atoms with E-state index < -0.39 is 11.7 Å². The number of amides is 1. The second kappa shape index (κ2) is 11.6. The zero-order valence-electron chi connectivity index (χ0n) is 25.3. The standard InChI is InChI=1S/C34H40FN7O2/c1-21-30(29(35)31(37-2)26-10-4-8-22-7-3-9-23(28(22)26)17-27(36)43)39-33(44-20-34-13-5-15-42(34)16-6-14-34)40-32(21)41-18-24-11-12-25(19-41)38-24/h3-4,7-10,24-25,38H,2,5-6,11-20H2,1H3,(H2,36,43)/b31-29+. The van der Waals surface area contributed by atoms with Gasteiger partial charge in [-0.2, -0.15) is 9.97 Å². The van der Waals surface area contributed by atoms with Crippen LogP contribution in [0.15, 0.2) is 41.4 Å². The van der Waals surface area contributed by atoms with E-state index in [1.807, 2.05) is 37.3 Å². The summed E-state index contributed by atoms with van der Waals surface area (Å²) >= 11 is 0. The van der Waals surface area contributed by atoms with Gasteiger partial charge in [-0.15, -0.1) is 0 Å². The van der Waals surface area contributed by atoms with Crippen LogP contribution in [0.3, 0.4) is 0 Å². The van der Waals surface area contributed by atoms with Crippen molar-refractivity contribution in [3.05, 3.63) is 58.8 Å². The van der Waals surface area contributed by atoms with Crippen LogP contribution in [0.1, 0.15) is 60.9 Å². The Morgan fingerprint density at radius 3 is 2.52 bits per heavy atom. The fourth-order valence-corrected chi connectivity index (χ4v) is 8.04. The van der Waals surface area contributed by atoms with E-state index in [9.17, 15) is 4.79 Å². The largest absolute Gasteiger partial charge is 0.461 e. The lowest BCUT2D eigenvalue weighted by Gasteiger charge is -2.35. The molecule has 2 bridgehead atoms. The molecule has 0 aliphatic carbocycles. The highest BCUT2D eigenvalue weighted by Gasteiger charge is 2.45. The number of nitrogens with zero attached hydrogens (tertiary/aromatic N) is 5. The summed E-state index contributed by atoms with van der Waals surface area (Å²) in [6.45, 7) is 9.88. The minimum Gasteiger partial charge on any atom is -0.461 e. The molecule has 3 aromatic rings. The maximum absolute atomic E-state index is 17.0. The smallest absolute Gasteiger partial charge is 0.319 e. The van der Waals surface area contributed by atoms with E-state index in [1.165, 1.54) is 0 Å². The lowest BCUT2D eigenvalue weighted by molar-refractivity contribution is -0.117. The number of hydrogen-bond acceptors (Lipinski definition) is 8. The molecule has 0 spiro atoms. The third kappa shape index (κ3) is 5.13. The summed E-state index contributed by atoms with van der Waals surface area (Å²) in [6, 6.07) is 12.1. The average Bonchev–Trinajstić information content (AvgIpc) is 3.70. The summed E-state index contributed by atoms with van der Waals surface area (Å²) in [4.78, 5) is 30.5. The Labute approximate surface area is 257 Å². The lowest BCUT2D eigenvalue weighted by Crippen LogP contribution is -2.51. The number of anilines is 1. The van der Waals surface area contributed by atoms with Gasteiger partial charge in [0.05, 0.1) is 12.0 Å². The third-order valence-electron chi connectivity index (χ3n) is 10.1. The molecule has 10 heteroatoms. The van der Waals surface area contributed by atoms with Crippen LogP contribution in [0.2, 0.25) is 0 Å². The molecular weight excluding hydrogens is 557 g/mol. The zero-order valence-corrected chi connectivity index (χ0v) is 25.3. The van der Waals surface area contributed by atoms with Crippen molar-refractivity contribution in [3.8, 4) is 6.01 Å². The molecule has 0 saturated carbocycles. The molecule has 2 aromatic carbocycles. The molecule has 1 aromatic heterocycles. The number of primary amides is 1. The van der Waals surface area contributed by atoms with Crippen LogP contribution in [0.5, 0.6) is 6.01 Å².